The van der Waals surface area contributed by atoms with Gasteiger partial charge in [-0.15, -0.1) is 11.3 Å². The van der Waals surface area contributed by atoms with Gasteiger partial charge in [0.25, 0.3) is 0 Å². The van der Waals surface area contributed by atoms with Crippen LogP contribution in [-0.2, 0) is 11.3 Å². The third kappa shape index (κ3) is 5.40. The molecule has 10 heteroatoms. The quantitative estimate of drug-likeness (QED) is 0.433. The number of halogens is 2. The number of rotatable bonds is 9. The Bertz CT molecular complexity index is 1060. The molecular formula is C21H19F2NO6S. The molecule has 0 saturated carbocycles. The molecule has 3 aromatic rings. The van der Waals surface area contributed by atoms with Crippen molar-refractivity contribution in [3.63, 3.8) is 0 Å². The van der Waals surface area contributed by atoms with E-state index in [0.29, 0.717) is 17.2 Å². The fourth-order valence-corrected chi connectivity index (χ4v) is 3.49. The number of alkyl halides is 2. The lowest BCUT2D eigenvalue weighted by atomic mass is 10.2. The van der Waals surface area contributed by atoms with Crippen LogP contribution in [0.1, 0.15) is 16.1 Å². The highest BCUT2D eigenvalue weighted by Gasteiger charge is 2.16. The Morgan fingerprint density at radius 1 is 0.968 bits per heavy atom. The topological polar surface area (TPSA) is 76.1 Å². The lowest BCUT2D eigenvalue weighted by Gasteiger charge is -2.11. The van der Waals surface area contributed by atoms with Crippen LogP contribution in [0.4, 0.5) is 8.78 Å². The summed E-state index contributed by atoms with van der Waals surface area (Å²) < 4.78 is 50.0. The van der Waals surface area contributed by atoms with E-state index in [9.17, 15) is 13.6 Å². The van der Waals surface area contributed by atoms with Gasteiger partial charge in [0.05, 0.1) is 32.6 Å². The number of carbonyl (C=O) groups excluding carboxylic acids is 1. The highest BCUT2D eigenvalue weighted by atomic mass is 32.1. The number of hydrogen-bond donors (Lipinski definition) is 0. The molecule has 3 rings (SSSR count). The number of esters is 1. The molecule has 31 heavy (non-hydrogen) atoms. The van der Waals surface area contributed by atoms with Gasteiger partial charge in [-0.2, -0.15) is 8.78 Å². The van der Waals surface area contributed by atoms with Crippen LogP contribution in [0.3, 0.4) is 0 Å². The van der Waals surface area contributed by atoms with Gasteiger partial charge >= 0.3 is 12.6 Å². The van der Waals surface area contributed by atoms with Gasteiger partial charge < -0.3 is 23.7 Å². The Labute approximate surface area is 181 Å². The first-order chi connectivity index (χ1) is 14.9. The van der Waals surface area contributed by atoms with E-state index in [1.54, 1.807) is 25.7 Å². The molecule has 0 spiro atoms. The minimum absolute atomic E-state index is 0.000789. The van der Waals surface area contributed by atoms with E-state index < -0.39 is 12.6 Å². The van der Waals surface area contributed by atoms with Gasteiger partial charge in [0.15, 0.2) is 23.0 Å². The van der Waals surface area contributed by atoms with Gasteiger partial charge in [-0.1, -0.05) is 0 Å². The average molecular weight is 451 g/mol. The Morgan fingerprint density at radius 2 is 1.65 bits per heavy atom. The van der Waals surface area contributed by atoms with Crippen LogP contribution in [0.5, 0.6) is 23.0 Å². The Hall–Kier alpha value is -3.40. The van der Waals surface area contributed by atoms with Crippen molar-refractivity contribution in [2.75, 3.05) is 21.3 Å². The molecule has 0 bridgehead atoms. The number of aromatic nitrogens is 1. The van der Waals surface area contributed by atoms with Gasteiger partial charge in [-0.25, -0.2) is 9.78 Å². The first-order valence-electron chi connectivity index (χ1n) is 8.92. The van der Waals surface area contributed by atoms with Crippen molar-refractivity contribution >= 4 is 17.3 Å². The summed E-state index contributed by atoms with van der Waals surface area (Å²) in [5, 5.41) is 2.50. The third-order valence-electron chi connectivity index (χ3n) is 4.15. The highest BCUT2D eigenvalue weighted by molar-refractivity contribution is 7.13. The molecule has 0 radical (unpaired) electrons. The Morgan fingerprint density at radius 3 is 2.32 bits per heavy atom. The molecule has 0 atom stereocenters. The van der Waals surface area contributed by atoms with Crippen LogP contribution in [0.2, 0.25) is 0 Å². The molecule has 0 N–H and O–H groups in total. The van der Waals surface area contributed by atoms with Crippen LogP contribution < -0.4 is 18.9 Å². The number of hydrogen-bond acceptors (Lipinski definition) is 8. The number of ether oxygens (including phenoxy) is 5. The van der Waals surface area contributed by atoms with Gasteiger partial charge in [-0.3, -0.25) is 0 Å². The van der Waals surface area contributed by atoms with Crippen LogP contribution in [0.25, 0.3) is 10.6 Å². The summed E-state index contributed by atoms with van der Waals surface area (Å²) >= 11 is 1.39. The van der Waals surface area contributed by atoms with E-state index in [1.807, 2.05) is 12.1 Å². The number of thiazole rings is 1. The van der Waals surface area contributed by atoms with Gasteiger partial charge in [-0.05, 0) is 36.4 Å². The van der Waals surface area contributed by atoms with E-state index >= 15 is 0 Å². The van der Waals surface area contributed by atoms with Crippen LogP contribution in [0, 0.1) is 0 Å². The monoisotopic (exact) mass is 451 g/mol. The molecule has 0 aliphatic carbocycles. The second kappa shape index (κ2) is 10.1. The van der Waals surface area contributed by atoms with Crippen molar-refractivity contribution in [1.82, 2.24) is 4.98 Å². The number of benzene rings is 2. The molecule has 0 amide bonds. The fraction of sp³-hybridized carbons (Fsp3) is 0.238. The van der Waals surface area contributed by atoms with Crippen molar-refractivity contribution in [3.8, 4) is 33.6 Å². The standard InChI is InChI=1S/C21H19F2NO6S/c1-26-15-6-4-12(8-17(15)27-2)19-24-14(11-31-19)10-29-20(25)13-5-7-16(30-21(22)23)18(9-13)28-3/h4-9,11,21H,10H2,1-3H3. The normalized spacial score (nSPS) is 10.6. The third-order valence-corrected chi connectivity index (χ3v) is 5.09. The predicted octanol–water partition coefficient (Wildman–Crippen LogP) is 4.79. The zero-order valence-electron chi connectivity index (χ0n) is 16.9. The molecule has 2 aromatic carbocycles. The summed E-state index contributed by atoms with van der Waals surface area (Å²) in [6, 6.07) is 9.26. The second-order valence-electron chi connectivity index (χ2n) is 6.03. The second-order valence-corrected chi connectivity index (χ2v) is 6.89. The smallest absolute Gasteiger partial charge is 0.387 e. The average Bonchev–Trinajstić information content (AvgIpc) is 3.25. The minimum atomic E-state index is -3.00. The Kier molecular flexibility index (Phi) is 7.24. The van der Waals surface area contributed by atoms with Crippen molar-refractivity contribution in [2.45, 2.75) is 13.2 Å². The van der Waals surface area contributed by atoms with Crippen molar-refractivity contribution in [3.05, 3.63) is 53.0 Å². The largest absolute Gasteiger partial charge is 0.493 e. The molecule has 1 aromatic heterocycles. The molecule has 0 aliphatic rings. The lowest BCUT2D eigenvalue weighted by molar-refractivity contribution is -0.0512. The highest BCUT2D eigenvalue weighted by Crippen LogP contribution is 2.34. The molecule has 164 valence electrons. The van der Waals surface area contributed by atoms with E-state index in [4.69, 9.17) is 18.9 Å². The van der Waals surface area contributed by atoms with Crippen LogP contribution in [0.15, 0.2) is 41.8 Å². The van der Waals surface area contributed by atoms with Crippen LogP contribution >= 0.6 is 11.3 Å². The summed E-state index contributed by atoms with van der Waals surface area (Å²) in [7, 11) is 4.39. The molecule has 0 unspecified atom stereocenters. The van der Waals surface area contributed by atoms with E-state index in [2.05, 4.69) is 9.72 Å². The van der Waals surface area contributed by atoms with Gasteiger partial charge in [0.1, 0.15) is 11.6 Å². The summed E-state index contributed by atoms with van der Waals surface area (Å²) in [5.74, 6) is 0.364. The fourth-order valence-electron chi connectivity index (χ4n) is 2.69. The van der Waals surface area contributed by atoms with Crippen molar-refractivity contribution in [1.29, 1.82) is 0 Å². The summed E-state index contributed by atoms with van der Waals surface area (Å²) in [6.07, 6.45) is 0. The summed E-state index contributed by atoms with van der Waals surface area (Å²) in [5.41, 5.74) is 1.53. The van der Waals surface area contributed by atoms with Gasteiger partial charge in [0, 0.05) is 10.9 Å². The molecule has 0 saturated heterocycles. The first-order valence-corrected chi connectivity index (χ1v) is 9.80. The first kappa shape index (κ1) is 22.3. The summed E-state index contributed by atoms with van der Waals surface area (Å²) in [4.78, 5) is 16.8. The maximum Gasteiger partial charge on any atom is 0.387 e. The maximum absolute atomic E-state index is 12.4. The summed E-state index contributed by atoms with van der Waals surface area (Å²) in [6.45, 7) is -3.06. The molecule has 1 heterocycles. The number of methoxy groups -OCH3 is 3. The van der Waals surface area contributed by atoms with E-state index in [0.717, 1.165) is 10.6 Å². The molecule has 0 fully saturated rings. The lowest BCUT2D eigenvalue weighted by Crippen LogP contribution is -2.07. The minimum Gasteiger partial charge on any atom is -0.493 e. The predicted molar refractivity (Wildman–Crippen MR) is 109 cm³/mol. The zero-order chi connectivity index (χ0) is 22.4. The number of carbonyl (C=O) groups is 1. The molecular weight excluding hydrogens is 432 g/mol. The number of nitrogens with zero attached hydrogens (tertiary/aromatic N) is 1. The van der Waals surface area contributed by atoms with Crippen molar-refractivity contribution < 1.29 is 37.3 Å². The molecule has 7 nitrogen and oxygen atoms in total. The van der Waals surface area contributed by atoms with Crippen molar-refractivity contribution in [2.24, 2.45) is 0 Å². The SMILES string of the molecule is COc1ccc(-c2nc(COC(=O)c3ccc(OC(F)F)c(OC)c3)cs2)cc1OC. The van der Waals surface area contributed by atoms with E-state index in [1.165, 1.54) is 36.6 Å². The zero-order valence-corrected chi connectivity index (χ0v) is 17.7. The van der Waals surface area contributed by atoms with Gasteiger partial charge in [0.2, 0.25) is 0 Å². The maximum atomic E-state index is 12.4. The van der Waals surface area contributed by atoms with Crippen LogP contribution in [-0.4, -0.2) is 38.9 Å². The Balaban J connectivity index is 1.67. The van der Waals surface area contributed by atoms with E-state index in [-0.39, 0.29) is 23.7 Å². The molecule has 0 aliphatic heterocycles.